The lowest BCUT2D eigenvalue weighted by atomic mass is 10.1. The summed E-state index contributed by atoms with van der Waals surface area (Å²) >= 11 is 5.77. The van der Waals surface area contributed by atoms with Crippen LogP contribution in [-0.2, 0) is 15.9 Å². The number of halogens is 4. The van der Waals surface area contributed by atoms with Crippen molar-refractivity contribution in [3.8, 4) is 5.82 Å². The highest BCUT2D eigenvalue weighted by Gasteiger charge is 2.32. The topological polar surface area (TPSA) is 115 Å². The molecule has 1 amide bonds. The molecule has 1 aromatic carbocycles. The van der Waals surface area contributed by atoms with Crippen molar-refractivity contribution in [3.05, 3.63) is 58.9 Å². The van der Waals surface area contributed by atoms with Crippen LogP contribution in [-0.4, -0.2) is 46.4 Å². The zero-order valence-electron chi connectivity index (χ0n) is 18.4. The molecule has 182 valence electrons. The fourth-order valence-electron chi connectivity index (χ4n) is 2.96. The molecule has 34 heavy (non-hydrogen) atoms. The molecule has 0 saturated heterocycles. The van der Waals surface area contributed by atoms with Crippen molar-refractivity contribution >= 4 is 33.1 Å². The smallest absolute Gasteiger partial charge is 0.342 e. The number of aromatic nitrogens is 5. The molecule has 0 unspecified atom stereocenters. The Hall–Kier alpha value is -3.06. The second-order valence-corrected chi connectivity index (χ2v) is 10.4. The van der Waals surface area contributed by atoms with E-state index in [9.17, 15) is 22.2 Å². The van der Waals surface area contributed by atoms with Gasteiger partial charge in [0.2, 0.25) is 0 Å². The molecule has 9 nitrogen and oxygen atoms in total. The Kier molecular flexibility index (Phi) is 7.56. The number of hydrogen-bond donors (Lipinski definition) is 1. The van der Waals surface area contributed by atoms with E-state index < -0.39 is 33.4 Å². The van der Waals surface area contributed by atoms with E-state index in [1.54, 1.807) is 20.8 Å². The second kappa shape index (κ2) is 10.1. The number of carbonyl (C=O) groups is 1. The van der Waals surface area contributed by atoms with Gasteiger partial charge in [-0.15, -0.1) is 0 Å². The lowest BCUT2D eigenvalue weighted by molar-refractivity contribution is -0.137. The minimum Gasteiger partial charge on any atom is -0.342 e. The Labute approximate surface area is 199 Å². The average molecular weight is 516 g/mol. The lowest BCUT2D eigenvalue weighted by Gasteiger charge is -2.15. The van der Waals surface area contributed by atoms with Crippen LogP contribution in [0.15, 0.2) is 41.3 Å². The molecular formula is C20H21ClF3N7O2S. The molecule has 2 aromatic heterocycles. The summed E-state index contributed by atoms with van der Waals surface area (Å²) in [6.45, 7) is 5.13. The van der Waals surface area contributed by atoms with Gasteiger partial charge in [-0.1, -0.05) is 25.4 Å². The number of carbonyl (C=O) groups excluding carboxylic acids is 1. The van der Waals surface area contributed by atoms with Crippen LogP contribution in [0.2, 0.25) is 5.02 Å². The van der Waals surface area contributed by atoms with E-state index in [4.69, 9.17) is 11.6 Å². The summed E-state index contributed by atoms with van der Waals surface area (Å²) in [4.78, 5) is 24.9. The van der Waals surface area contributed by atoms with Crippen molar-refractivity contribution in [3.63, 3.8) is 0 Å². The van der Waals surface area contributed by atoms with Gasteiger partial charge in [0.15, 0.2) is 17.5 Å². The molecule has 0 bridgehead atoms. The largest absolute Gasteiger partial charge is 0.416 e. The number of rotatable bonds is 7. The van der Waals surface area contributed by atoms with Crippen LogP contribution < -0.4 is 5.32 Å². The monoisotopic (exact) mass is 515 g/mol. The van der Waals surface area contributed by atoms with Crippen molar-refractivity contribution in [2.45, 2.75) is 33.0 Å². The second-order valence-electron chi connectivity index (χ2n) is 7.13. The first-order valence-corrected chi connectivity index (χ1v) is 12.3. The molecule has 0 saturated carbocycles. The van der Waals surface area contributed by atoms with E-state index in [0.717, 1.165) is 18.2 Å². The fourth-order valence-corrected chi connectivity index (χ4v) is 4.30. The van der Waals surface area contributed by atoms with Gasteiger partial charge in [0.05, 0.1) is 21.3 Å². The normalized spacial score (nSPS) is 12.9. The van der Waals surface area contributed by atoms with Crippen LogP contribution in [0.1, 0.15) is 48.6 Å². The SMILES string of the molecule is CCS(=O)(CC)=Nc1cc(-n2ncnc2[C@H](C)NC(=O)c2cc(Cl)cc(C(F)(F)F)c2)ncn1. The van der Waals surface area contributed by atoms with Crippen LogP contribution in [0.25, 0.3) is 5.82 Å². The molecule has 1 N–H and O–H groups in total. The maximum absolute atomic E-state index is 13.1. The molecule has 0 fully saturated rings. The standard InChI is InChI=1S/C20H21ClF3N7O2S/c1-4-34(33,5-2)30-16-9-17(26-10-25-16)31-18(27-11-28-31)12(3)29-19(32)13-6-14(20(22,23)24)8-15(21)7-13/h6-12H,4-5H2,1-3H3,(H,29,32)/t12-/m0/s1. The van der Waals surface area contributed by atoms with E-state index in [1.807, 2.05) is 0 Å². The number of benzene rings is 1. The Bertz CT molecular complexity index is 1310. The van der Waals surface area contributed by atoms with Gasteiger partial charge >= 0.3 is 6.18 Å². The molecule has 0 aliphatic carbocycles. The van der Waals surface area contributed by atoms with Crippen LogP contribution in [0.4, 0.5) is 19.0 Å². The van der Waals surface area contributed by atoms with Crippen molar-refractivity contribution in [1.29, 1.82) is 0 Å². The van der Waals surface area contributed by atoms with Gasteiger partial charge in [0.25, 0.3) is 5.91 Å². The van der Waals surface area contributed by atoms with Crippen molar-refractivity contribution in [2.75, 3.05) is 11.5 Å². The van der Waals surface area contributed by atoms with E-state index in [2.05, 4.69) is 29.7 Å². The van der Waals surface area contributed by atoms with Crippen molar-refractivity contribution in [2.24, 2.45) is 4.36 Å². The number of nitrogens with one attached hydrogen (secondary N) is 1. The summed E-state index contributed by atoms with van der Waals surface area (Å²) in [5.74, 6) is 0.663. The minimum atomic E-state index is -4.65. The van der Waals surface area contributed by atoms with Crippen LogP contribution in [0.3, 0.4) is 0 Å². The zero-order chi connectivity index (χ0) is 25.1. The molecule has 2 heterocycles. The molecule has 0 spiro atoms. The average Bonchev–Trinajstić information content (AvgIpc) is 3.28. The highest BCUT2D eigenvalue weighted by molar-refractivity contribution is 7.93. The van der Waals surface area contributed by atoms with Gasteiger partial charge in [0.1, 0.15) is 12.7 Å². The predicted molar refractivity (Wildman–Crippen MR) is 121 cm³/mol. The van der Waals surface area contributed by atoms with Crippen molar-refractivity contribution in [1.82, 2.24) is 30.0 Å². The van der Waals surface area contributed by atoms with Gasteiger partial charge in [-0.05, 0) is 25.1 Å². The summed E-state index contributed by atoms with van der Waals surface area (Å²) < 4.78 is 57.4. The van der Waals surface area contributed by atoms with E-state index in [-0.39, 0.29) is 28.0 Å². The number of alkyl halides is 3. The number of hydrogen-bond acceptors (Lipinski definition) is 7. The summed E-state index contributed by atoms with van der Waals surface area (Å²) in [6.07, 6.45) is -2.18. The fraction of sp³-hybridized carbons (Fsp3) is 0.350. The molecule has 14 heteroatoms. The first-order valence-electron chi connectivity index (χ1n) is 10.1. The van der Waals surface area contributed by atoms with E-state index >= 15 is 0 Å². The molecule has 3 rings (SSSR count). The third-order valence-corrected chi connectivity index (χ3v) is 7.36. The molecule has 0 radical (unpaired) electrons. The first kappa shape index (κ1) is 25.6. The third kappa shape index (κ3) is 5.89. The Morgan fingerprint density at radius 1 is 1.15 bits per heavy atom. The lowest BCUT2D eigenvalue weighted by Crippen LogP contribution is -2.29. The maximum Gasteiger partial charge on any atom is 0.416 e. The molecule has 0 aliphatic heterocycles. The summed E-state index contributed by atoms with van der Waals surface area (Å²) in [5.41, 5.74) is -1.29. The zero-order valence-corrected chi connectivity index (χ0v) is 19.9. The Morgan fingerprint density at radius 2 is 1.85 bits per heavy atom. The van der Waals surface area contributed by atoms with Gasteiger partial charge in [0, 0.05) is 28.2 Å². The molecule has 3 aromatic rings. The highest BCUT2D eigenvalue weighted by atomic mass is 35.5. The van der Waals surface area contributed by atoms with Gasteiger partial charge in [-0.2, -0.15) is 27.3 Å². The van der Waals surface area contributed by atoms with Crippen LogP contribution >= 0.6 is 11.6 Å². The highest BCUT2D eigenvalue weighted by Crippen LogP contribution is 2.32. The van der Waals surface area contributed by atoms with Crippen molar-refractivity contribution < 1.29 is 22.2 Å². The van der Waals surface area contributed by atoms with E-state index in [0.29, 0.717) is 11.5 Å². The minimum absolute atomic E-state index is 0.204. The van der Waals surface area contributed by atoms with Gasteiger partial charge in [-0.25, -0.2) is 19.2 Å². The third-order valence-electron chi connectivity index (χ3n) is 4.81. The van der Waals surface area contributed by atoms with Crippen LogP contribution in [0.5, 0.6) is 0 Å². The first-order chi connectivity index (χ1) is 16.0. The molecular weight excluding hydrogens is 495 g/mol. The Morgan fingerprint density at radius 3 is 2.50 bits per heavy atom. The summed E-state index contributed by atoms with van der Waals surface area (Å²) in [7, 11) is -2.45. The summed E-state index contributed by atoms with van der Waals surface area (Å²) in [6, 6.07) is 3.31. The summed E-state index contributed by atoms with van der Waals surface area (Å²) in [5, 5.41) is 6.47. The maximum atomic E-state index is 13.1. The predicted octanol–water partition coefficient (Wildman–Crippen LogP) is 4.36. The number of amides is 1. The molecule has 0 aliphatic rings. The Balaban J connectivity index is 1.88. The van der Waals surface area contributed by atoms with Gasteiger partial charge in [-0.3, -0.25) is 4.79 Å². The quantitative estimate of drug-likeness (QED) is 0.500. The molecule has 1 atom stereocenters. The van der Waals surface area contributed by atoms with E-state index in [1.165, 1.54) is 23.4 Å². The number of nitrogens with zero attached hydrogens (tertiary/aromatic N) is 6. The van der Waals surface area contributed by atoms with Gasteiger partial charge < -0.3 is 5.32 Å². The van der Waals surface area contributed by atoms with Crippen LogP contribution in [0, 0.1) is 0 Å².